The summed E-state index contributed by atoms with van der Waals surface area (Å²) < 4.78 is 11.5. The second-order valence-electron chi connectivity index (χ2n) is 10.7. The van der Waals surface area contributed by atoms with Crippen molar-refractivity contribution in [2.75, 3.05) is 13.2 Å². The van der Waals surface area contributed by atoms with Crippen molar-refractivity contribution in [3.05, 3.63) is 64.6 Å². The number of rotatable bonds is 3. The Balaban J connectivity index is 1.63. The zero-order valence-corrected chi connectivity index (χ0v) is 22.1. The van der Waals surface area contributed by atoms with Gasteiger partial charge in [-0.2, -0.15) is 0 Å². The first-order chi connectivity index (χ1) is 16.9. The number of aryl methyl sites for hydroxylation is 2. The van der Waals surface area contributed by atoms with Crippen LogP contribution in [0.1, 0.15) is 67.6 Å². The number of carbonyl (C=O) groups is 2. The number of para-hydroxylation sites is 2. The van der Waals surface area contributed by atoms with Gasteiger partial charge in [-0.15, -0.1) is 0 Å². The first kappa shape index (κ1) is 25.4. The zero-order valence-electron chi connectivity index (χ0n) is 22.1. The molecule has 0 bridgehead atoms. The van der Waals surface area contributed by atoms with Gasteiger partial charge in [0.15, 0.2) is 0 Å². The van der Waals surface area contributed by atoms with Gasteiger partial charge in [-0.3, -0.25) is 4.79 Å². The summed E-state index contributed by atoms with van der Waals surface area (Å²) in [5.41, 5.74) is 2.47. The minimum atomic E-state index is -0.785. The molecule has 2 aromatic carbocycles. The lowest BCUT2D eigenvalue weighted by molar-refractivity contribution is 0.0225. The van der Waals surface area contributed by atoms with Crippen LogP contribution in [0.4, 0.5) is 4.79 Å². The molecule has 3 aromatic rings. The molecule has 0 saturated carbocycles. The quantitative estimate of drug-likeness (QED) is 0.553. The lowest BCUT2D eigenvalue weighted by Gasteiger charge is -2.28. The fourth-order valence-electron chi connectivity index (χ4n) is 4.38. The monoisotopic (exact) mass is 490 g/mol. The summed E-state index contributed by atoms with van der Waals surface area (Å²) in [6.07, 6.45) is -0.406. The molecule has 0 aliphatic carbocycles. The van der Waals surface area contributed by atoms with Crippen LogP contribution < -0.4 is 10.1 Å². The van der Waals surface area contributed by atoms with Crippen molar-refractivity contribution in [1.82, 2.24) is 20.2 Å². The van der Waals surface area contributed by atoms with E-state index in [4.69, 9.17) is 14.5 Å². The first-order valence-electron chi connectivity index (χ1n) is 12.2. The standard InChI is InChI=1S/C28H34N4O4/c1-17-10-8-12-20-22(17)29-18(2)30-24(20)28(6,7)31-25(33)21-13-9-11-19-16-32(14-15-35-23(19)21)26(34)36-27(3,4)5/h8-13H,14-16H2,1-7H3,(H,31,33). The summed E-state index contributed by atoms with van der Waals surface area (Å²) in [5.74, 6) is 0.851. The lowest BCUT2D eigenvalue weighted by Crippen LogP contribution is -2.42. The summed E-state index contributed by atoms with van der Waals surface area (Å²) in [6, 6.07) is 11.4. The minimum Gasteiger partial charge on any atom is -0.491 e. The Morgan fingerprint density at radius 1 is 1.03 bits per heavy atom. The fourth-order valence-corrected chi connectivity index (χ4v) is 4.38. The summed E-state index contributed by atoms with van der Waals surface area (Å²) in [5, 5.41) is 4.05. The SMILES string of the molecule is Cc1nc(C(C)(C)NC(=O)c2cccc3c2OCCN(C(=O)OC(C)(C)C)C3)c2cccc(C)c2n1. The van der Waals surface area contributed by atoms with E-state index in [0.29, 0.717) is 30.2 Å². The molecule has 1 aliphatic rings. The van der Waals surface area contributed by atoms with E-state index < -0.39 is 17.2 Å². The number of nitrogens with one attached hydrogen (secondary N) is 1. The minimum absolute atomic E-state index is 0.259. The largest absolute Gasteiger partial charge is 0.491 e. The van der Waals surface area contributed by atoms with Crippen LogP contribution in [-0.2, 0) is 16.8 Å². The van der Waals surface area contributed by atoms with Crippen LogP contribution >= 0.6 is 0 Å². The van der Waals surface area contributed by atoms with Gasteiger partial charge in [0.2, 0.25) is 0 Å². The van der Waals surface area contributed by atoms with Crippen LogP contribution in [0.5, 0.6) is 5.75 Å². The predicted molar refractivity (Wildman–Crippen MR) is 138 cm³/mol. The smallest absolute Gasteiger partial charge is 0.410 e. The van der Waals surface area contributed by atoms with Crippen LogP contribution in [0.25, 0.3) is 10.9 Å². The number of aromatic nitrogens is 2. The van der Waals surface area contributed by atoms with E-state index in [9.17, 15) is 9.59 Å². The molecular formula is C28H34N4O4. The number of nitrogens with zero attached hydrogens (tertiary/aromatic N) is 3. The van der Waals surface area contributed by atoms with Crippen molar-refractivity contribution in [3.63, 3.8) is 0 Å². The number of fused-ring (bicyclic) bond motifs is 2. The molecule has 2 heterocycles. The van der Waals surface area contributed by atoms with Crippen LogP contribution in [-0.4, -0.2) is 45.6 Å². The van der Waals surface area contributed by atoms with Gasteiger partial charge in [0.25, 0.3) is 5.91 Å². The van der Waals surface area contributed by atoms with Crippen molar-refractivity contribution in [3.8, 4) is 5.75 Å². The zero-order chi connectivity index (χ0) is 26.3. The molecule has 2 amide bonds. The third-order valence-corrected chi connectivity index (χ3v) is 6.02. The fraction of sp³-hybridized carbons (Fsp3) is 0.429. The maximum atomic E-state index is 13.6. The van der Waals surface area contributed by atoms with Gasteiger partial charge in [-0.1, -0.05) is 30.3 Å². The third-order valence-electron chi connectivity index (χ3n) is 6.02. The Kier molecular flexibility index (Phi) is 6.64. The van der Waals surface area contributed by atoms with E-state index >= 15 is 0 Å². The van der Waals surface area contributed by atoms with Crippen molar-refractivity contribution in [1.29, 1.82) is 0 Å². The molecule has 1 aliphatic heterocycles. The highest BCUT2D eigenvalue weighted by Gasteiger charge is 2.31. The average molecular weight is 491 g/mol. The Labute approximate surface area is 212 Å². The van der Waals surface area contributed by atoms with E-state index in [0.717, 1.165) is 27.7 Å². The number of carbonyl (C=O) groups excluding carboxylic acids is 2. The van der Waals surface area contributed by atoms with Crippen LogP contribution in [0.3, 0.4) is 0 Å². The Bertz CT molecular complexity index is 1330. The van der Waals surface area contributed by atoms with E-state index in [1.54, 1.807) is 17.0 Å². The number of amides is 2. The highest BCUT2D eigenvalue weighted by molar-refractivity contribution is 5.98. The summed E-state index contributed by atoms with van der Waals surface area (Å²) in [7, 11) is 0. The highest BCUT2D eigenvalue weighted by Crippen LogP contribution is 2.31. The van der Waals surface area contributed by atoms with Gasteiger partial charge in [-0.25, -0.2) is 14.8 Å². The highest BCUT2D eigenvalue weighted by atomic mass is 16.6. The molecular weight excluding hydrogens is 456 g/mol. The summed E-state index contributed by atoms with van der Waals surface area (Å²) in [4.78, 5) is 37.1. The predicted octanol–water partition coefficient (Wildman–Crippen LogP) is 5.04. The van der Waals surface area contributed by atoms with E-state index in [1.165, 1.54) is 0 Å². The van der Waals surface area contributed by atoms with Crippen molar-refractivity contribution < 1.29 is 19.1 Å². The molecule has 0 saturated heterocycles. The molecule has 0 unspecified atom stereocenters. The Morgan fingerprint density at radius 3 is 2.47 bits per heavy atom. The second kappa shape index (κ2) is 9.41. The number of benzene rings is 2. The third kappa shape index (κ3) is 5.27. The van der Waals surface area contributed by atoms with Crippen LogP contribution in [0, 0.1) is 13.8 Å². The number of ether oxygens (including phenoxy) is 2. The van der Waals surface area contributed by atoms with Gasteiger partial charge in [0, 0.05) is 10.9 Å². The molecule has 0 atom stereocenters. The molecule has 8 nitrogen and oxygen atoms in total. The van der Waals surface area contributed by atoms with E-state index in [1.807, 2.05) is 72.7 Å². The Morgan fingerprint density at radius 2 is 1.75 bits per heavy atom. The topological polar surface area (TPSA) is 93.7 Å². The van der Waals surface area contributed by atoms with E-state index in [2.05, 4.69) is 10.3 Å². The maximum absolute atomic E-state index is 13.6. The van der Waals surface area contributed by atoms with Crippen LogP contribution in [0.15, 0.2) is 36.4 Å². The van der Waals surface area contributed by atoms with Crippen LogP contribution in [0.2, 0.25) is 0 Å². The molecule has 0 spiro atoms. The van der Waals surface area contributed by atoms with Crippen molar-refractivity contribution in [2.24, 2.45) is 0 Å². The molecule has 0 radical (unpaired) electrons. The van der Waals surface area contributed by atoms with Gasteiger partial charge in [-0.05, 0) is 60.1 Å². The van der Waals surface area contributed by atoms with Gasteiger partial charge in [0.05, 0.1) is 35.4 Å². The second-order valence-corrected chi connectivity index (χ2v) is 10.7. The molecule has 4 rings (SSSR count). The maximum Gasteiger partial charge on any atom is 0.410 e. The first-order valence-corrected chi connectivity index (χ1v) is 12.2. The normalized spacial score (nSPS) is 14.0. The average Bonchev–Trinajstić information content (AvgIpc) is 3.00. The van der Waals surface area contributed by atoms with Crippen molar-refractivity contribution >= 4 is 22.9 Å². The Hall–Kier alpha value is -3.68. The molecule has 190 valence electrons. The summed E-state index contributed by atoms with van der Waals surface area (Å²) >= 11 is 0. The summed E-state index contributed by atoms with van der Waals surface area (Å²) in [6.45, 7) is 14.2. The van der Waals surface area contributed by atoms with Gasteiger partial charge >= 0.3 is 6.09 Å². The van der Waals surface area contributed by atoms with Gasteiger partial charge < -0.3 is 19.7 Å². The van der Waals surface area contributed by atoms with Gasteiger partial charge in [0.1, 0.15) is 23.8 Å². The molecule has 8 heteroatoms. The molecule has 1 N–H and O–H groups in total. The number of hydrogen-bond acceptors (Lipinski definition) is 6. The molecule has 0 fully saturated rings. The van der Waals surface area contributed by atoms with E-state index in [-0.39, 0.29) is 12.5 Å². The molecule has 36 heavy (non-hydrogen) atoms. The lowest BCUT2D eigenvalue weighted by atomic mass is 9.94. The van der Waals surface area contributed by atoms with Crippen molar-refractivity contribution in [2.45, 2.75) is 66.2 Å². The molecule has 1 aromatic heterocycles. The number of hydrogen-bond donors (Lipinski definition) is 1.